The van der Waals surface area contributed by atoms with E-state index in [2.05, 4.69) is 24.8 Å². The summed E-state index contributed by atoms with van der Waals surface area (Å²) in [5.41, 5.74) is 3.59. The van der Waals surface area contributed by atoms with E-state index >= 15 is 0 Å². The molecule has 1 aromatic carbocycles. The first kappa shape index (κ1) is 21.7. The van der Waals surface area contributed by atoms with E-state index in [0.717, 1.165) is 60.4 Å². The number of hydrogen-bond acceptors (Lipinski definition) is 7. The number of aromatic amines is 1. The number of aryl methyl sites for hydroxylation is 1. The van der Waals surface area contributed by atoms with Gasteiger partial charge in [-0.15, -0.1) is 0 Å². The lowest BCUT2D eigenvalue weighted by Crippen LogP contribution is -2.47. The second-order valence-corrected chi connectivity index (χ2v) is 8.67. The molecule has 0 saturated carbocycles. The fraction of sp³-hybridized carbons (Fsp3) is 0.304. The van der Waals surface area contributed by atoms with Crippen molar-refractivity contribution >= 4 is 62.7 Å². The van der Waals surface area contributed by atoms with E-state index in [9.17, 15) is 4.79 Å². The Labute approximate surface area is 200 Å². The normalized spacial score (nSPS) is 14.3. The number of pyridine rings is 1. The summed E-state index contributed by atoms with van der Waals surface area (Å²) in [4.78, 5) is 33.5. The average molecular weight is 485 g/mol. The molecular formula is C23H22Cl2N6O2. The Hall–Kier alpha value is -3.10. The molecule has 1 saturated heterocycles. The van der Waals surface area contributed by atoms with Crippen molar-refractivity contribution in [3.05, 3.63) is 51.9 Å². The summed E-state index contributed by atoms with van der Waals surface area (Å²) in [5, 5.41) is 3.04. The highest BCUT2D eigenvalue weighted by Gasteiger charge is 2.23. The topological polar surface area (TPSA) is 87.2 Å². The zero-order valence-electron chi connectivity index (χ0n) is 18.2. The molecule has 0 atom stereocenters. The van der Waals surface area contributed by atoms with Crippen LogP contribution in [0.25, 0.3) is 21.9 Å². The van der Waals surface area contributed by atoms with Crippen LogP contribution in [0.4, 0.5) is 11.6 Å². The highest BCUT2D eigenvalue weighted by atomic mass is 35.5. The van der Waals surface area contributed by atoms with Gasteiger partial charge >= 0.3 is 5.97 Å². The van der Waals surface area contributed by atoms with Gasteiger partial charge in [0, 0.05) is 54.2 Å². The molecule has 4 heterocycles. The number of rotatable bonds is 4. The number of ether oxygens (including phenoxy) is 1. The van der Waals surface area contributed by atoms with E-state index in [1.54, 1.807) is 18.3 Å². The van der Waals surface area contributed by atoms with Crippen LogP contribution in [0, 0.1) is 0 Å². The summed E-state index contributed by atoms with van der Waals surface area (Å²) >= 11 is 12.7. The third-order valence-corrected chi connectivity index (χ3v) is 6.61. The van der Waals surface area contributed by atoms with Crippen LogP contribution in [0.5, 0.6) is 0 Å². The summed E-state index contributed by atoms with van der Waals surface area (Å²) in [7, 11) is 1.35. The number of nitrogens with zero attached hydrogens (tertiary/aromatic N) is 5. The van der Waals surface area contributed by atoms with Gasteiger partial charge in [0.1, 0.15) is 5.65 Å². The summed E-state index contributed by atoms with van der Waals surface area (Å²) in [6.07, 6.45) is 2.59. The van der Waals surface area contributed by atoms with Crippen molar-refractivity contribution in [2.24, 2.45) is 0 Å². The lowest BCUT2D eigenvalue weighted by molar-refractivity contribution is 0.0594. The Morgan fingerprint density at radius 2 is 1.85 bits per heavy atom. The molecule has 1 aliphatic rings. The van der Waals surface area contributed by atoms with Crippen molar-refractivity contribution in [1.82, 2.24) is 19.9 Å². The third kappa shape index (κ3) is 3.94. The maximum absolute atomic E-state index is 12.2. The van der Waals surface area contributed by atoms with E-state index in [0.29, 0.717) is 21.5 Å². The first-order chi connectivity index (χ1) is 16.0. The SMILES string of the molecule is CCc1[nH]c2nc(N3CCN(c4cc(C(=O)OC)nc5ccc(Cl)cc45)CC3)ncc2c1Cl. The number of carbonyl (C=O) groups is 1. The fourth-order valence-electron chi connectivity index (χ4n) is 4.18. The maximum atomic E-state index is 12.2. The van der Waals surface area contributed by atoms with Gasteiger partial charge in [0.15, 0.2) is 5.69 Å². The van der Waals surface area contributed by atoms with Crippen LogP contribution in [0.3, 0.4) is 0 Å². The van der Waals surface area contributed by atoms with Crippen LogP contribution < -0.4 is 9.80 Å². The molecule has 1 N–H and O–H groups in total. The van der Waals surface area contributed by atoms with Crippen molar-refractivity contribution in [1.29, 1.82) is 0 Å². The first-order valence-corrected chi connectivity index (χ1v) is 11.5. The molecule has 0 spiro atoms. The first-order valence-electron chi connectivity index (χ1n) is 10.7. The molecule has 170 valence electrons. The molecule has 0 aliphatic carbocycles. The number of halogens is 2. The van der Waals surface area contributed by atoms with Crippen molar-refractivity contribution in [3.63, 3.8) is 0 Å². The van der Waals surface area contributed by atoms with Crippen LogP contribution in [0.1, 0.15) is 23.1 Å². The van der Waals surface area contributed by atoms with E-state index in [1.807, 2.05) is 19.1 Å². The van der Waals surface area contributed by atoms with Crippen molar-refractivity contribution in [2.45, 2.75) is 13.3 Å². The minimum absolute atomic E-state index is 0.272. The lowest BCUT2D eigenvalue weighted by Gasteiger charge is -2.36. The number of fused-ring (bicyclic) bond motifs is 2. The van der Waals surface area contributed by atoms with Crippen LogP contribution in [-0.2, 0) is 11.2 Å². The summed E-state index contributed by atoms with van der Waals surface area (Å²) in [5.74, 6) is 0.199. The number of H-pyrrole nitrogens is 1. The summed E-state index contributed by atoms with van der Waals surface area (Å²) in [6.45, 7) is 4.93. The van der Waals surface area contributed by atoms with Gasteiger partial charge < -0.3 is 19.5 Å². The average Bonchev–Trinajstić information content (AvgIpc) is 3.17. The Morgan fingerprint density at radius 1 is 1.09 bits per heavy atom. The Bertz CT molecular complexity index is 1360. The fourth-order valence-corrected chi connectivity index (χ4v) is 4.67. The van der Waals surface area contributed by atoms with Crippen molar-refractivity contribution in [3.8, 4) is 0 Å². The molecular weight excluding hydrogens is 463 g/mol. The number of piperazine rings is 1. The predicted octanol–water partition coefficient (Wildman–Crippen LogP) is 4.49. The number of aromatic nitrogens is 4. The van der Waals surface area contributed by atoms with Crippen LogP contribution in [0.15, 0.2) is 30.5 Å². The van der Waals surface area contributed by atoms with Gasteiger partial charge in [-0.25, -0.2) is 14.8 Å². The van der Waals surface area contributed by atoms with Gasteiger partial charge in [-0.1, -0.05) is 30.1 Å². The molecule has 5 rings (SSSR count). The van der Waals surface area contributed by atoms with Crippen molar-refractivity contribution in [2.75, 3.05) is 43.1 Å². The molecule has 0 amide bonds. The van der Waals surface area contributed by atoms with Gasteiger partial charge in [0.2, 0.25) is 5.95 Å². The van der Waals surface area contributed by atoms with E-state index < -0.39 is 5.97 Å². The zero-order valence-corrected chi connectivity index (χ0v) is 19.7. The van der Waals surface area contributed by atoms with Crippen molar-refractivity contribution < 1.29 is 9.53 Å². The highest BCUT2D eigenvalue weighted by molar-refractivity contribution is 6.36. The number of methoxy groups -OCH3 is 1. The molecule has 10 heteroatoms. The number of nitrogens with one attached hydrogen (secondary N) is 1. The van der Waals surface area contributed by atoms with Gasteiger partial charge in [-0.3, -0.25) is 0 Å². The van der Waals surface area contributed by atoms with E-state index in [-0.39, 0.29) is 5.69 Å². The Balaban J connectivity index is 1.42. The summed E-state index contributed by atoms with van der Waals surface area (Å²) in [6, 6.07) is 7.24. The number of carbonyl (C=O) groups excluding carboxylic acids is 1. The molecule has 8 nitrogen and oxygen atoms in total. The van der Waals surface area contributed by atoms with Crippen LogP contribution in [0.2, 0.25) is 10.0 Å². The molecule has 1 aliphatic heterocycles. The minimum atomic E-state index is -0.468. The standard InChI is InChI=1S/C23H22Cl2N6O2/c1-3-16-20(25)15-12-26-23(29-21(15)28-16)31-8-6-30(7-9-31)19-11-18(22(32)33-2)27-17-5-4-13(24)10-14(17)19/h4-5,10-12H,3,6-9H2,1-2H3,(H,26,28,29). The predicted molar refractivity (Wildman–Crippen MR) is 131 cm³/mol. The number of esters is 1. The maximum Gasteiger partial charge on any atom is 0.356 e. The lowest BCUT2D eigenvalue weighted by atomic mass is 10.1. The molecule has 33 heavy (non-hydrogen) atoms. The second kappa shape index (κ2) is 8.68. The number of benzene rings is 1. The van der Waals surface area contributed by atoms with Gasteiger partial charge in [-0.2, -0.15) is 4.98 Å². The van der Waals surface area contributed by atoms with Crippen LogP contribution >= 0.6 is 23.2 Å². The monoisotopic (exact) mass is 484 g/mol. The zero-order chi connectivity index (χ0) is 23.1. The van der Waals surface area contributed by atoms with E-state index in [4.69, 9.17) is 32.9 Å². The number of anilines is 2. The molecule has 1 fully saturated rings. The van der Waals surface area contributed by atoms with Gasteiger partial charge in [-0.05, 0) is 30.7 Å². The highest BCUT2D eigenvalue weighted by Crippen LogP contribution is 2.31. The number of hydrogen-bond donors (Lipinski definition) is 1. The van der Waals surface area contributed by atoms with Crippen LogP contribution in [-0.4, -0.2) is 59.2 Å². The minimum Gasteiger partial charge on any atom is -0.464 e. The molecule has 4 aromatic rings. The Kier molecular flexibility index (Phi) is 5.72. The molecule has 0 radical (unpaired) electrons. The third-order valence-electron chi connectivity index (χ3n) is 5.95. The largest absolute Gasteiger partial charge is 0.464 e. The molecule has 0 bridgehead atoms. The van der Waals surface area contributed by atoms with Gasteiger partial charge in [0.25, 0.3) is 0 Å². The molecule has 3 aromatic heterocycles. The summed E-state index contributed by atoms with van der Waals surface area (Å²) < 4.78 is 4.90. The van der Waals surface area contributed by atoms with Gasteiger partial charge in [0.05, 0.1) is 23.0 Å². The Morgan fingerprint density at radius 3 is 2.58 bits per heavy atom. The quantitative estimate of drug-likeness (QED) is 0.427. The smallest absolute Gasteiger partial charge is 0.356 e. The second-order valence-electron chi connectivity index (χ2n) is 7.86. The van der Waals surface area contributed by atoms with E-state index in [1.165, 1.54) is 7.11 Å². The molecule has 0 unspecified atom stereocenters.